The van der Waals surface area contributed by atoms with Crippen molar-refractivity contribution < 1.29 is 14.4 Å². The highest BCUT2D eigenvalue weighted by Crippen LogP contribution is 2.17. The molecule has 0 fully saturated rings. The largest absolute Gasteiger partial charge is 0.457 e. The van der Waals surface area contributed by atoms with Gasteiger partial charge in [-0.15, -0.1) is 0 Å². The summed E-state index contributed by atoms with van der Waals surface area (Å²) in [5.41, 5.74) is -2.46. The molecule has 6 nitrogen and oxygen atoms in total. The predicted octanol–water partition coefficient (Wildman–Crippen LogP) is 1.53. The Kier molecular flexibility index (Phi) is 4.66. The third-order valence-electron chi connectivity index (χ3n) is 1.47. The number of rotatable bonds is 3. The average molecular weight is 237 g/mol. The summed E-state index contributed by atoms with van der Waals surface area (Å²) in [7, 11) is 0. The van der Waals surface area contributed by atoms with Crippen LogP contribution in [0.25, 0.3) is 0 Å². The molecule has 0 rings (SSSR count). The fraction of sp³-hybridized carbons (Fsp3) is 0.636. The van der Waals surface area contributed by atoms with Crippen molar-refractivity contribution >= 4 is 11.7 Å². The molecule has 0 aliphatic carbocycles. The highest BCUT2D eigenvalue weighted by atomic mass is 16.7. The predicted molar refractivity (Wildman–Crippen MR) is 59.7 cm³/mol. The number of nitriles is 2. The maximum absolute atomic E-state index is 11.7. The molecule has 0 aromatic heterocycles. The van der Waals surface area contributed by atoms with Crippen LogP contribution in [0.3, 0.4) is 0 Å². The van der Waals surface area contributed by atoms with Crippen molar-refractivity contribution in [3.05, 3.63) is 0 Å². The van der Waals surface area contributed by atoms with E-state index in [2.05, 4.69) is 5.16 Å². The van der Waals surface area contributed by atoms with E-state index in [1.165, 1.54) is 26.0 Å². The summed E-state index contributed by atoms with van der Waals surface area (Å²) in [6, 6.07) is 3.05. The van der Waals surface area contributed by atoms with Crippen molar-refractivity contribution in [3.8, 4) is 12.1 Å². The van der Waals surface area contributed by atoms with Crippen LogP contribution >= 0.6 is 0 Å². The minimum Gasteiger partial charge on any atom is -0.457 e. The molecule has 17 heavy (non-hydrogen) atoms. The molecule has 0 spiro atoms. The Morgan fingerprint density at radius 1 is 1.12 bits per heavy atom. The van der Waals surface area contributed by atoms with Crippen molar-refractivity contribution in [3.63, 3.8) is 0 Å². The molecule has 0 saturated carbocycles. The van der Waals surface area contributed by atoms with Crippen LogP contribution in [0.15, 0.2) is 5.16 Å². The first-order chi connectivity index (χ1) is 7.62. The van der Waals surface area contributed by atoms with Gasteiger partial charge in [0.15, 0.2) is 0 Å². The summed E-state index contributed by atoms with van der Waals surface area (Å²) in [5.74, 6) is -0.621. The van der Waals surface area contributed by atoms with Gasteiger partial charge < -0.3 is 9.57 Å². The summed E-state index contributed by atoms with van der Waals surface area (Å²) in [6.45, 7) is 8.05. The minimum atomic E-state index is -1.35. The van der Waals surface area contributed by atoms with E-state index in [0.717, 1.165) is 0 Å². The number of carbonyl (C=O) groups is 1. The van der Waals surface area contributed by atoms with Gasteiger partial charge in [0.2, 0.25) is 5.60 Å². The van der Waals surface area contributed by atoms with E-state index in [1.807, 2.05) is 0 Å². The topological polar surface area (TPSA) is 95.5 Å². The highest BCUT2D eigenvalue weighted by molar-refractivity contribution is 6.09. The Bertz CT molecular complexity index is 389. The summed E-state index contributed by atoms with van der Waals surface area (Å²) in [6.07, 6.45) is 0. The Balaban J connectivity index is 4.72. The number of hydrogen-bond acceptors (Lipinski definition) is 6. The van der Waals surface area contributed by atoms with Gasteiger partial charge in [0.25, 0.3) is 5.71 Å². The van der Waals surface area contributed by atoms with E-state index >= 15 is 0 Å². The van der Waals surface area contributed by atoms with Crippen LogP contribution in [0.1, 0.15) is 34.6 Å². The van der Waals surface area contributed by atoms with Crippen molar-refractivity contribution in [1.29, 1.82) is 10.5 Å². The minimum absolute atomic E-state index is 0.457. The first-order valence-corrected chi connectivity index (χ1v) is 4.92. The monoisotopic (exact) mass is 237 g/mol. The maximum Gasteiger partial charge on any atom is 0.353 e. The number of esters is 1. The number of hydrogen-bond donors (Lipinski definition) is 0. The smallest absolute Gasteiger partial charge is 0.353 e. The summed E-state index contributed by atoms with van der Waals surface area (Å²) in [4.78, 5) is 16.5. The van der Waals surface area contributed by atoms with E-state index in [4.69, 9.17) is 20.1 Å². The Labute approximate surface area is 100 Å². The molecule has 0 bridgehead atoms. The van der Waals surface area contributed by atoms with Gasteiger partial charge in [0.1, 0.15) is 17.7 Å². The third kappa shape index (κ3) is 5.53. The zero-order valence-electron chi connectivity index (χ0n) is 10.6. The van der Waals surface area contributed by atoms with Gasteiger partial charge >= 0.3 is 5.97 Å². The molecule has 0 amide bonds. The molecule has 0 atom stereocenters. The molecular formula is C11H15N3O3. The first kappa shape index (κ1) is 14.9. The molecule has 0 aromatic carbocycles. The summed E-state index contributed by atoms with van der Waals surface area (Å²) < 4.78 is 5.10. The number of oxime groups is 1. The molecule has 6 heteroatoms. The number of nitrogens with zero attached hydrogens (tertiary/aromatic N) is 3. The van der Waals surface area contributed by atoms with Crippen LogP contribution in [0, 0.1) is 22.7 Å². The average Bonchev–Trinajstić information content (AvgIpc) is 2.16. The molecule has 0 heterocycles. The summed E-state index contributed by atoms with van der Waals surface area (Å²) >= 11 is 0. The number of ether oxygens (including phenoxy) is 1. The third-order valence-corrected chi connectivity index (χ3v) is 1.47. The Hall–Kier alpha value is -2.08. The molecule has 0 N–H and O–H groups in total. The van der Waals surface area contributed by atoms with Crippen LogP contribution in [0.2, 0.25) is 0 Å². The number of carbonyl (C=O) groups excluding carboxylic acids is 1. The highest BCUT2D eigenvalue weighted by Gasteiger charge is 2.35. The molecular weight excluding hydrogens is 222 g/mol. The first-order valence-electron chi connectivity index (χ1n) is 4.92. The standard InChI is InChI=1S/C11H15N3O3/c1-10(2,3)16-9(15)11(4,5)17-14-8(6-12)7-13/h1-5H3. The zero-order valence-corrected chi connectivity index (χ0v) is 10.6. The molecule has 0 saturated heterocycles. The van der Waals surface area contributed by atoms with Gasteiger partial charge in [-0.1, -0.05) is 5.16 Å². The lowest BCUT2D eigenvalue weighted by Gasteiger charge is -2.26. The van der Waals surface area contributed by atoms with E-state index in [-0.39, 0.29) is 0 Å². The molecule has 0 aromatic rings. The Morgan fingerprint density at radius 3 is 1.94 bits per heavy atom. The molecule has 0 radical (unpaired) electrons. The van der Waals surface area contributed by atoms with Gasteiger partial charge in [-0.3, -0.25) is 0 Å². The second-order valence-corrected chi connectivity index (χ2v) is 4.77. The fourth-order valence-electron chi connectivity index (χ4n) is 0.664. The Morgan fingerprint density at radius 2 is 1.59 bits per heavy atom. The second kappa shape index (κ2) is 5.31. The van der Waals surface area contributed by atoms with E-state index in [1.54, 1.807) is 20.8 Å². The lowest BCUT2D eigenvalue weighted by molar-refractivity contribution is -0.179. The van der Waals surface area contributed by atoms with Crippen molar-refractivity contribution in [1.82, 2.24) is 0 Å². The SMILES string of the molecule is CC(C)(C)OC(=O)C(C)(C)ON=C(C#N)C#N. The maximum atomic E-state index is 11.7. The van der Waals surface area contributed by atoms with Crippen LogP contribution in [-0.4, -0.2) is 22.9 Å². The lowest BCUT2D eigenvalue weighted by Crippen LogP contribution is -2.40. The van der Waals surface area contributed by atoms with Crippen molar-refractivity contribution in [2.45, 2.75) is 45.8 Å². The van der Waals surface area contributed by atoms with Gasteiger partial charge in [0.05, 0.1) is 0 Å². The zero-order chi connectivity index (χ0) is 13.7. The fourth-order valence-corrected chi connectivity index (χ4v) is 0.664. The van der Waals surface area contributed by atoms with Crippen LogP contribution in [0.5, 0.6) is 0 Å². The quantitative estimate of drug-likeness (QED) is 0.421. The lowest BCUT2D eigenvalue weighted by atomic mass is 10.1. The summed E-state index contributed by atoms with van der Waals surface area (Å²) in [5, 5.41) is 20.2. The van der Waals surface area contributed by atoms with Gasteiger partial charge in [-0.25, -0.2) is 4.79 Å². The molecule has 0 unspecified atom stereocenters. The van der Waals surface area contributed by atoms with E-state index < -0.39 is 22.9 Å². The van der Waals surface area contributed by atoms with Crippen molar-refractivity contribution in [2.24, 2.45) is 5.16 Å². The molecule has 0 aliphatic rings. The van der Waals surface area contributed by atoms with E-state index in [9.17, 15) is 4.79 Å². The normalized spacial score (nSPS) is 10.8. The van der Waals surface area contributed by atoms with Gasteiger partial charge in [0, 0.05) is 0 Å². The second-order valence-electron chi connectivity index (χ2n) is 4.77. The van der Waals surface area contributed by atoms with Gasteiger partial charge in [-0.2, -0.15) is 10.5 Å². The molecule has 0 aliphatic heterocycles. The van der Waals surface area contributed by atoms with Crippen molar-refractivity contribution in [2.75, 3.05) is 0 Å². The van der Waals surface area contributed by atoms with Gasteiger partial charge in [-0.05, 0) is 34.6 Å². The van der Waals surface area contributed by atoms with Crippen LogP contribution < -0.4 is 0 Å². The van der Waals surface area contributed by atoms with Crippen LogP contribution in [-0.2, 0) is 14.4 Å². The van der Waals surface area contributed by atoms with E-state index in [0.29, 0.717) is 0 Å². The molecule has 92 valence electrons. The van der Waals surface area contributed by atoms with Crippen LogP contribution in [0.4, 0.5) is 0 Å².